The van der Waals surface area contributed by atoms with Crippen LogP contribution < -0.4 is 15.8 Å². The summed E-state index contributed by atoms with van der Waals surface area (Å²) in [5.41, 5.74) is 7.55. The molecule has 0 bridgehead atoms. The lowest BCUT2D eigenvalue weighted by Crippen LogP contribution is -2.21. The maximum absolute atomic E-state index is 11.9. The van der Waals surface area contributed by atoms with Gasteiger partial charge >= 0.3 is 0 Å². The Morgan fingerprint density at radius 1 is 1.40 bits per heavy atom. The van der Waals surface area contributed by atoms with Crippen molar-refractivity contribution in [2.24, 2.45) is 0 Å². The van der Waals surface area contributed by atoms with Gasteiger partial charge in [0.05, 0.1) is 12.0 Å². The topological polar surface area (TPSA) is 113 Å². The van der Waals surface area contributed by atoms with E-state index in [2.05, 4.69) is 20.0 Å². The highest BCUT2D eigenvalue weighted by atomic mass is 32.2. The van der Waals surface area contributed by atoms with E-state index < -0.39 is 10.0 Å². The van der Waals surface area contributed by atoms with E-state index in [9.17, 15) is 8.42 Å². The summed E-state index contributed by atoms with van der Waals surface area (Å²) in [7, 11) is -2.18. The maximum Gasteiger partial charge on any atom is 0.242 e. The van der Waals surface area contributed by atoms with E-state index >= 15 is 0 Å². The lowest BCUT2D eigenvalue weighted by Gasteiger charge is -2.12. The van der Waals surface area contributed by atoms with Crippen molar-refractivity contribution in [1.29, 1.82) is 0 Å². The van der Waals surface area contributed by atoms with Crippen molar-refractivity contribution in [3.63, 3.8) is 0 Å². The third-order valence-corrected chi connectivity index (χ3v) is 4.28. The summed E-state index contributed by atoms with van der Waals surface area (Å²) in [5, 5.41) is 3.10. The molecule has 2 rings (SSSR count). The molecular weight excluding hydrogens is 278 g/mol. The van der Waals surface area contributed by atoms with Crippen molar-refractivity contribution in [3.8, 4) is 0 Å². The van der Waals surface area contributed by atoms with Gasteiger partial charge in [-0.25, -0.2) is 18.1 Å². The Morgan fingerprint density at radius 2 is 2.20 bits per heavy atom. The van der Waals surface area contributed by atoms with Crippen molar-refractivity contribution in [3.05, 3.63) is 36.4 Å². The van der Waals surface area contributed by atoms with E-state index in [1.165, 1.54) is 13.1 Å². The van der Waals surface area contributed by atoms with Gasteiger partial charge in [-0.3, -0.25) is 0 Å². The largest absolute Gasteiger partial charge is 0.399 e. The van der Waals surface area contributed by atoms with E-state index in [0.717, 1.165) is 5.69 Å². The number of nitrogens with two attached hydrogens (primary N) is 1. The Labute approximate surface area is 117 Å². The van der Waals surface area contributed by atoms with Gasteiger partial charge in [0.1, 0.15) is 4.90 Å². The van der Waals surface area contributed by atoms with Crippen molar-refractivity contribution >= 4 is 21.4 Å². The van der Waals surface area contributed by atoms with Gasteiger partial charge in [0.25, 0.3) is 0 Å². The first kappa shape index (κ1) is 14.4. The zero-order valence-corrected chi connectivity index (χ0v) is 11.9. The first-order chi connectivity index (χ1) is 9.53. The van der Waals surface area contributed by atoms with Crippen LogP contribution in [-0.4, -0.2) is 32.0 Å². The number of aromatic amines is 1. The molecular formula is C12H17N5O2S. The van der Waals surface area contributed by atoms with E-state index in [4.69, 9.17) is 5.73 Å². The molecule has 0 saturated heterocycles. The molecule has 7 nitrogen and oxygen atoms in total. The Balaban J connectivity index is 2.15. The molecule has 0 atom stereocenters. The van der Waals surface area contributed by atoms with Crippen molar-refractivity contribution in [2.45, 2.75) is 11.3 Å². The molecule has 108 valence electrons. The molecule has 20 heavy (non-hydrogen) atoms. The van der Waals surface area contributed by atoms with Crippen LogP contribution in [0.25, 0.3) is 0 Å². The smallest absolute Gasteiger partial charge is 0.242 e. The average Bonchev–Trinajstić information content (AvgIpc) is 2.93. The molecule has 0 radical (unpaired) electrons. The standard InChI is InChI=1S/C12H17N5O2S/c1-14-20(18,19)12-6-9(13)2-3-11(12)16-5-4-10-7-15-8-17-10/h2-3,6-8,14,16H,4-5,13H2,1H3,(H,15,17). The number of rotatable bonds is 6. The zero-order chi connectivity index (χ0) is 14.6. The van der Waals surface area contributed by atoms with E-state index in [0.29, 0.717) is 24.3 Å². The highest BCUT2D eigenvalue weighted by Gasteiger charge is 2.16. The minimum absolute atomic E-state index is 0.143. The molecule has 0 spiro atoms. The number of nitrogen functional groups attached to an aromatic ring is 1. The molecule has 2 aromatic rings. The second-order valence-corrected chi connectivity index (χ2v) is 6.07. The Hall–Kier alpha value is -2.06. The summed E-state index contributed by atoms with van der Waals surface area (Å²) >= 11 is 0. The molecule has 1 aromatic heterocycles. The summed E-state index contributed by atoms with van der Waals surface area (Å²) in [6, 6.07) is 4.75. The van der Waals surface area contributed by atoms with Crippen LogP contribution in [0.4, 0.5) is 11.4 Å². The lowest BCUT2D eigenvalue weighted by atomic mass is 10.2. The van der Waals surface area contributed by atoms with Crippen LogP contribution in [0, 0.1) is 0 Å². The summed E-state index contributed by atoms with van der Waals surface area (Å²) in [5.74, 6) is 0. The Bertz CT molecular complexity index is 667. The van der Waals surface area contributed by atoms with Gasteiger partial charge in [-0.1, -0.05) is 0 Å². The third kappa shape index (κ3) is 3.28. The van der Waals surface area contributed by atoms with Gasteiger partial charge in [0, 0.05) is 30.5 Å². The third-order valence-electron chi connectivity index (χ3n) is 2.83. The number of benzene rings is 1. The minimum Gasteiger partial charge on any atom is -0.399 e. The number of hydrogen-bond acceptors (Lipinski definition) is 5. The molecule has 1 aromatic carbocycles. The fraction of sp³-hybridized carbons (Fsp3) is 0.250. The number of aromatic nitrogens is 2. The van der Waals surface area contributed by atoms with Crippen LogP contribution in [0.1, 0.15) is 5.69 Å². The minimum atomic E-state index is -3.55. The van der Waals surface area contributed by atoms with Crippen LogP contribution in [0.2, 0.25) is 0 Å². The van der Waals surface area contributed by atoms with Crippen molar-refractivity contribution < 1.29 is 8.42 Å². The summed E-state index contributed by atoms with van der Waals surface area (Å²) < 4.78 is 26.2. The SMILES string of the molecule is CNS(=O)(=O)c1cc(N)ccc1NCCc1cnc[nH]1. The summed E-state index contributed by atoms with van der Waals surface area (Å²) in [6.45, 7) is 0.582. The average molecular weight is 295 g/mol. The number of nitrogens with zero attached hydrogens (tertiary/aromatic N) is 1. The molecule has 0 amide bonds. The fourth-order valence-corrected chi connectivity index (χ4v) is 2.71. The van der Waals surface area contributed by atoms with Crippen LogP contribution in [-0.2, 0) is 16.4 Å². The molecule has 0 aliphatic carbocycles. The molecule has 0 aliphatic rings. The summed E-state index contributed by atoms with van der Waals surface area (Å²) in [4.78, 5) is 7.05. The van der Waals surface area contributed by atoms with Gasteiger partial charge in [0.2, 0.25) is 10.0 Å². The first-order valence-corrected chi connectivity index (χ1v) is 7.55. The molecule has 1 heterocycles. The van der Waals surface area contributed by atoms with E-state index in [1.54, 1.807) is 24.7 Å². The molecule has 5 N–H and O–H groups in total. The number of hydrogen-bond donors (Lipinski definition) is 4. The van der Waals surface area contributed by atoms with Crippen molar-refractivity contribution in [2.75, 3.05) is 24.6 Å². The molecule has 0 unspecified atom stereocenters. The van der Waals surface area contributed by atoms with Crippen LogP contribution >= 0.6 is 0 Å². The predicted octanol–water partition coefficient (Wildman–Crippen LogP) is 0.555. The van der Waals surface area contributed by atoms with Gasteiger partial charge in [-0.05, 0) is 25.2 Å². The van der Waals surface area contributed by atoms with Crippen LogP contribution in [0.5, 0.6) is 0 Å². The number of anilines is 2. The quantitative estimate of drug-likeness (QED) is 0.581. The number of imidazole rings is 1. The zero-order valence-electron chi connectivity index (χ0n) is 11.1. The van der Waals surface area contributed by atoms with Gasteiger partial charge < -0.3 is 16.0 Å². The van der Waals surface area contributed by atoms with Gasteiger partial charge in [-0.15, -0.1) is 0 Å². The maximum atomic E-state index is 11.9. The second-order valence-electron chi connectivity index (χ2n) is 4.22. The molecule has 0 saturated carbocycles. The van der Waals surface area contributed by atoms with Gasteiger partial charge in [-0.2, -0.15) is 0 Å². The monoisotopic (exact) mass is 295 g/mol. The molecule has 0 fully saturated rings. The first-order valence-electron chi connectivity index (χ1n) is 6.07. The predicted molar refractivity (Wildman–Crippen MR) is 77.9 cm³/mol. The second kappa shape index (κ2) is 5.93. The Morgan fingerprint density at radius 3 is 2.85 bits per heavy atom. The van der Waals surface area contributed by atoms with E-state index in [-0.39, 0.29) is 4.90 Å². The molecule has 0 aliphatic heterocycles. The number of sulfonamides is 1. The van der Waals surface area contributed by atoms with Crippen LogP contribution in [0.3, 0.4) is 0 Å². The lowest BCUT2D eigenvalue weighted by molar-refractivity contribution is 0.588. The van der Waals surface area contributed by atoms with Gasteiger partial charge in [0.15, 0.2) is 0 Å². The fourth-order valence-electron chi connectivity index (χ4n) is 1.77. The highest BCUT2D eigenvalue weighted by Crippen LogP contribution is 2.23. The van der Waals surface area contributed by atoms with E-state index in [1.807, 2.05) is 0 Å². The summed E-state index contributed by atoms with van der Waals surface area (Å²) in [6.07, 6.45) is 4.05. The number of nitrogens with one attached hydrogen (secondary N) is 3. The van der Waals surface area contributed by atoms with Crippen molar-refractivity contribution in [1.82, 2.24) is 14.7 Å². The van der Waals surface area contributed by atoms with Crippen LogP contribution in [0.15, 0.2) is 35.6 Å². The normalized spacial score (nSPS) is 11.4. The highest BCUT2D eigenvalue weighted by molar-refractivity contribution is 7.89. The number of H-pyrrole nitrogens is 1. The molecule has 8 heteroatoms. The Kier molecular flexibility index (Phi) is 4.26.